The van der Waals surface area contributed by atoms with Gasteiger partial charge in [0.2, 0.25) is 5.91 Å². The maximum Gasteiger partial charge on any atom is 0.274 e. The van der Waals surface area contributed by atoms with Crippen molar-refractivity contribution in [2.75, 3.05) is 33.4 Å². The number of aromatic nitrogens is 2. The Hall–Kier alpha value is -2.42. The second-order valence-corrected chi connectivity index (χ2v) is 8.78. The molecule has 2 fully saturated rings. The quantitative estimate of drug-likeness (QED) is 0.742. The van der Waals surface area contributed by atoms with Crippen LogP contribution in [0.15, 0.2) is 6.07 Å². The van der Waals surface area contributed by atoms with Gasteiger partial charge in [0, 0.05) is 32.2 Å². The zero-order valence-corrected chi connectivity index (χ0v) is 17.9. The van der Waals surface area contributed by atoms with Gasteiger partial charge in [-0.2, -0.15) is 5.10 Å². The third-order valence-electron chi connectivity index (χ3n) is 6.70. The van der Waals surface area contributed by atoms with E-state index in [1.165, 1.54) is 22.4 Å². The van der Waals surface area contributed by atoms with Crippen LogP contribution in [0, 0.1) is 0 Å². The number of fused-ring (bicyclic) bond motifs is 1. The van der Waals surface area contributed by atoms with E-state index >= 15 is 0 Å². The fourth-order valence-corrected chi connectivity index (χ4v) is 4.52. The molecule has 3 amide bonds. The van der Waals surface area contributed by atoms with Crippen LogP contribution in [0.25, 0.3) is 0 Å². The number of rotatable bonds is 3. The van der Waals surface area contributed by atoms with E-state index in [9.17, 15) is 14.4 Å². The van der Waals surface area contributed by atoms with Crippen LogP contribution in [0.5, 0.6) is 0 Å². The molecule has 1 saturated carbocycles. The van der Waals surface area contributed by atoms with Crippen LogP contribution in [0.2, 0.25) is 0 Å². The number of ether oxygens (including phenoxy) is 1. The first-order chi connectivity index (χ1) is 14.4. The lowest BCUT2D eigenvalue weighted by molar-refractivity contribution is -0.133. The predicted octanol–water partition coefficient (Wildman–Crippen LogP) is 1.04. The first-order valence-electron chi connectivity index (χ1n) is 10.9. The van der Waals surface area contributed by atoms with Crippen LogP contribution < -0.4 is 5.32 Å². The summed E-state index contributed by atoms with van der Waals surface area (Å²) in [4.78, 5) is 42.2. The number of amides is 3. The second-order valence-electron chi connectivity index (χ2n) is 8.78. The average Bonchev–Trinajstić information content (AvgIpc) is 3.00. The summed E-state index contributed by atoms with van der Waals surface area (Å²) in [6.07, 6.45) is 6.60. The molecule has 0 bridgehead atoms. The van der Waals surface area contributed by atoms with E-state index in [0.29, 0.717) is 32.0 Å². The minimum atomic E-state index is -1.05. The number of morpholine rings is 1. The van der Waals surface area contributed by atoms with Crippen LogP contribution in [-0.4, -0.2) is 82.2 Å². The smallest absolute Gasteiger partial charge is 0.274 e. The highest BCUT2D eigenvalue weighted by molar-refractivity contribution is 6.01. The van der Waals surface area contributed by atoms with Crippen LogP contribution >= 0.6 is 0 Å². The lowest BCUT2D eigenvalue weighted by Crippen LogP contribution is -2.63. The molecule has 1 aliphatic carbocycles. The Morgan fingerprint density at radius 1 is 1.17 bits per heavy atom. The Balaban J connectivity index is 1.53. The van der Waals surface area contributed by atoms with E-state index < -0.39 is 5.54 Å². The van der Waals surface area contributed by atoms with Crippen LogP contribution in [-0.2, 0) is 16.1 Å². The minimum absolute atomic E-state index is 0.151. The van der Waals surface area contributed by atoms with E-state index in [0.717, 1.165) is 25.7 Å². The molecular formula is C21H31N5O4. The first kappa shape index (κ1) is 20.8. The van der Waals surface area contributed by atoms with Gasteiger partial charge < -0.3 is 19.9 Å². The minimum Gasteiger partial charge on any atom is -0.378 e. The lowest BCUT2D eigenvalue weighted by atomic mass is 9.95. The van der Waals surface area contributed by atoms with Crippen molar-refractivity contribution in [2.24, 2.45) is 0 Å². The summed E-state index contributed by atoms with van der Waals surface area (Å²) < 4.78 is 6.81. The fraction of sp³-hybridized carbons (Fsp3) is 0.714. The van der Waals surface area contributed by atoms with Gasteiger partial charge in [0.05, 0.1) is 19.8 Å². The van der Waals surface area contributed by atoms with Gasteiger partial charge in [0.25, 0.3) is 11.8 Å². The summed E-state index contributed by atoms with van der Waals surface area (Å²) in [5, 5.41) is 7.58. The Morgan fingerprint density at radius 2 is 1.83 bits per heavy atom. The Morgan fingerprint density at radius 3 is 2.50 bits per heavy atom. The van der Waals surface area contributed by atoms with Crippen molar-refractivity contribution in [3.63, 3.8) is 0 Å². The van der Waals surface area contributed by atoms with Crippen molar-refractivity contribution in [3.8, 4) is 0 Å². The number of hydrogen-bond acceptors (Lipinski definition) is 5. The second kappa shape index (κ2) is 8.37. The SMILES string of the molecule is CN1C(=O)c2cc(C(=O)N3CCOCC3)nn2C[C@]1(C)C(=O)NC1CCCCCC1. The summed E-state index contributed by atoms with van der Waals surface area (Å²) in [6, 6.07) is 1.69. The molecule has 0 unspecified atom stereocenters. The van der Waals surface area contributed by atoms with Gasteiger partial charge >= 0.3 is 0 Å². The van der Waals surface area contributed by atoms with Gasteiger partial charge in [0.1, 0.15) is 11.2 Å². The summed E-state index contributed by atoms with van der Waals surface area (Å²) in [5.41, 5.74) is -0.474. The number of nitrogens with zero attached hydrogens (tertiary/aromatic N) is 4. The highest BCUT2D eigenvalue weighted by Crippen LogP contribution is 2.27. The maximum atomic E-state index is 13.2. The fourth-order valence-electron chi connectivity index (χ4n) is 4.52. The van der Waals surface area contributed by atoms with E-state index in [4.69, 9.17) is 4.74 Å². The van der Waals surface area contributed by atoms with Gasteiger partial charge in [-0.25, -0.2) is 0 Å². The van der Waals surface area contributed by atoms with Crippen LogP contribution in [0.1, 0.15) is 66.4 Å². The van der Waals surface area contributed by atoms with E-state index in [1.807, 2.05) is 0 Å². The van der Waals surface area contributed by atoms with Crippen molar-refractivity contribution in [1.29, 1.82) is 0 Å². The van der Waals surface area contributed by atoms with E-state index in [-0.39, 0.29) is 36.0 Å². The highest BCUT2D eigenvalue weighted by Gasteiger charge is 2.47. The maximum absolute atomic E-state index is 13.2. The van der Waals surface area contributed by atoms with Gasteiger partial charge in [-0.15, -0.1) is 0 Å². The monoisotopic (exact) mass is 417 g/mol. The molecule has 1 aromatic rings. The average molecular weight is 418 g/mol. The number of carbonyl (C=O) groups is 3. The van der Waals surface area contributed by atoms with Crippen molar-refractivity contribution in [3.05, 3.63) is 17.5 Å². The molecule has 0 radical (unpaired) electrons. The van der Waals surface area contributed by atoms with Crippen molar-refractivity contribution in [1.82, 2.24) is 24.9 Å². The highest BCUT2D eigenvalue weighted by atomic mass is 16.5. The number of hydrogen-bond donors (Lipinski definition) is 1. The van der Waals surface area contributed by atoms with Gasteiger partial charge in [0.15, 0.2) is 5.69 Å². The molecule has 0 spiro atoms. The number of carbonyl (C=O) groups excluding carboxylic acids is 3. The zero-order chi connectivity index (χ0) is 21.3. The standard InChI is InChI=1S/C21H31N5O4/c1-21(20(29)22-15-7-5-3-4-6-8-15)14-26-17(19(28)24(21)2)13-16(23-26)18(27)25-9-11-30-12-10-25/h13,15H,3-12,14H2,1-2H3,(H,22,29)/t21-/m1/s1. The van der Waals surface area contributed by atoms with E-state index in [1.54, 1.807) is 24.9 Å². The van der Waals surface area contributed by atoms with Gasteiger partial charge in [-0.3, -0.25) is 19.1 Å². The van der Waals surface area contributed by atoms with Gasteiger partial charge in [-0.1, -0.05) is 25.7 Å². The Bertz CT molecular complexity index is 823. The summed E-state index contributed by atoms with van der Waals surface area (Å²) in [6.45, 7) is 4.01. The van der Waals surface area contributed by atoms with Crippen molar-refractivity contribution < 1.29 is 19.1 Å². The topological polar surface area (TPSA) is 96.8 Å². The molecule has 1 N–H and O–H groups in total. The molecule has 3 heterocycles. The Labute approximate surface area is 176 Å². The molecule has 1 aromatic heterocycles. The third-order valence-corrected chi connectivity index (χ3v) is 6.70. The summed E-state index contributed by atoms with van der Waals surface area (Å²) in [7, 11) is 1.65. The summed E-state index contributed by atoms with van der Waals surface area (Å²) in [5.74, 6) is -0.666. The molecule has 164 valence electrons. The predicted molar refractivity (Wildman–Crippen MR) is 109 cm³/mol. The normalized spacial score (nSPS) is 25.6. The molecular weight excluding hydrogens is 386 g/mol. The molecule has 3 aliphatic rings. The molecule has 9 heteroatoms. The van der Waals surface area contributed by atoms with Gasteiger partial charge in [-0.05, 0) is 19.8 Å². The molecule has 4 rings (SSSR count). The molecule has 1 saturated heterocycles. The number of likely N-dealkylation sites (N-methyl/N-ethyl adjacent to an activating group) is 1. The van der Waals surface area contributed by atoms with Crippen LogP contribution in [0.4, 0.5) is 0 Å². The zero-order valence-electron chi connectivity index (χ0n) is 17.9. The molecule has 9 nitrogen and oxygen atoms in total. The molecule has 2 aliphatic heterocycles. The molecule has 1 atom stereocenters. The summed E-state index contributed by atoms with van der Waals surface area (Å²) >= 11 is 0. The number of nitrogens with one attached hydrogen (secondary N) is 1. The lowest BCUT2D eigenvalue weighted by Gasteiger charge is -2.41. The largest absolute Gasteiger partial charge is 0.378 e. The molecule has 0 aromatic carbocycles. The van der Waals surface area contributed by atoms with Crippen molar-refractivity contribution in [2.45, 2.75) is 63.6 Å². The van der Waals surface area contributed by atoms with E-state index in [2.05, 4.69) is 10.4 Å². The molecule has 30 heavy (non-hydrogen) atoms. The van der Waals surface area contributed by atoms with Crippen LogP contribution in [0.3, 0.4) is 0 Å². The van der Waals surface area contributed by atoms with Crippen molar-refractivity contribution >= 4 is 17.7 Å². The third kappa shape index (κ3) is 3.82. The first-order valence-corrected chi connectivity index (χ1v) is 10.9. The Kier molecular flexibility index (Phi) is 5.81.